The van der Waals surface area contributed by atoms with E-state index in [9.17, 15) is 0 Å². The lowest BCUT2D eigenvalue weighted by molar-refractivity contribution is 1.17. The average molecular weight is 591 g/mol. The maximum absolute atomic E-state index is 2.48. The maximum atomic E-state index is 2.48. The zero-order valence-corrected chi connectivity index (χ0v) is 25.1. The molecule has 2 nitrogen and oxygen atoms in total. The molecular weight excluding hydrogens is 565 g/mol. The fourth-order valence-electron chi connectivity index (χ4n) is 7.36. The first-order valence-electron chi connectivity index (χ1n) is 15.4. The normalized spacial score (nSPS) is 12.0. The molecule has 3 heteroatoms. The summed E-state index contributed by atoms with van der Waals surface area (Å²) in [6, 6.07) is 57.7. The van der Waals surface area contributed by atoms with Crippen LogP contribution in [0.2, 0.25) is 0 Å². The van der Waals surface area contributed by atoms with E-state index in [1.165, 1.54) is 80.6 Å². The van der Waals surface area contributed by atoms with E-state index in [2.05, 4.69) is 167 Å². The summed E-state index contributed by atoms with van der Waals surface area (Å²) in [5.41, 5.74) is 9.68. The Kier molecular flexibility index (Phi) is 5.19. The Labute approximate surface area is 263 Å². The van der Waals surface area contributed by atoms with Gasteiger partial charge in [-0.3, -0.25) is 0 Å². The van der Waals surface area contributed by atoms with Gasteiger partial charge in [-0.2, -0.15) is 0 Å². The summed E-state index contributed by atoms with van der Waals surface area (Å²) in [5, 5.41) is 7.73. The third-order valence-corrected chi connectivity index (χ3v) is 10.5. The average Bonchev–Trinajstić information content (AvgIpc) is 3.76. The van der Waals surface area contributed by atoms with Crippen molar-refractivity contribution in [3.8, 4) is 22.5 Å². The first-order chi connectivity index (χ1) is 22.3. The smallest absolute Gasteiger partial charge is 0.0641 e. The molecule has 0 spiro atoms. The second-order valence-electron chi connectivity index (χ2n) is 11.8. The summed E-state index contributed by atoms with van der Waals surface area (Å²) in [6.45, 7) is 0. The summed E-state index contributed by atoms with van der Waals surface area (Å²) < 4.78 is 7.55. The molecule has 0 aliphatic heterocycles. The maximum Gasteiger partial charge on any atom is 0.0641 e. The van der Waals surface area contributed by atoms with Gasteiger partial charge in [0.15, 0.2) is 0 Å². The van der Waals surface area contributed by atoms with Crippen LogP contribution >= 0.6 is 11.3 Å². The molecule has 3 heterocycles. The SMILES string of the molecule is c1ccc(-n2c3ccccc3c3c2ccc2c4ccccc4n(-c4cccc(-c5ccc6sc7ccccc7c6c5)c4)c23)cc1. The van der Waals surface area contributed by atoms with Crippen molar-refractivity contribution in [1.82, 2.24) is 9.13 Å². The Morgan fingerprint density at radius 2 is 1.02 bits per heavy atom. The molecule has 10 aromatic rings. The Hall–Kier alpha value is -5.64. The van der Waals surface area contributed by atoms with Gasteiger partial charge >= 0.3 is 0 Å². The standard InChI is InChI=1S/C42H26N2S/c1-2-12-29(13-3-1)43-37-19-8-5-17-34(37)41-38(43)23-22-33-31-15-4-7-18-36(31)44(42(33)41)30-14-10-11-27(25-30)28-21-24-40-35(26-28)32-16-6-9-20-39(32)45-40/h1-26H. The zero-order valence-electron chi connectivity index (χ0n) is 24.3. The molecule has 10 rings (SSSR count). The zero-order chi connectivity index (χ0) is 29.5. The summed E-state index contributed by atoms with van der Waals surface area (Å²) in [4.78, 5) is 0. The Morgan fingerprint density at radius 3 is 1.89 bits per heavy atom. The minimum Gasteiger partial charge on any atom is -0.309 e. The van der Waals surface area contributed by atoms with Gasteiger partial charge in [0.05, 0.1) is 22.1 Å². The minimum atomic E-state index is 1.16. The van der Waals surface area contributed by atoms with Crippen molar-refractivity contribution in [3.63, 3.8) is 0 Å². The van der Waals surface area contributed by atoms with E-state index in [1.54, 1.807) is 0 Å². The van der Waals surface area contributed by atoms with E-state index < -0.39 is 0 Å². The molecule has 0 bridgehead atoms. The van der Waals surface area contributed by atoms with Gasteiger partial charge in [0.1, 0.15) is 0 Å². The highest BCUT2D eigenvalue weighted by Crippen LogP contribution is 2.42. The van der Waals surface area contributed by atoms with Gasteiger partial charge in [0, 0.05) is 53.1 Å². The Morgan fingerprint density at radius 1 is 0.356 bits per heavy atom. The van der Waals surface area contributed by atoms with E-state index in [0.717, 1.165) is 5.69 Å². The van der Waals surface area contributed by atoms with Crippen LogP contribution in [-0.4, -0.2) is 9.13 Å². The largest absolute Gasteiger partial charge is 0.309 e. The monoisotopic (exact) mass is 590 g/mol. The Balaban J connectivity index is 1.28. The lowest BCUT2D eigenvalue weighted by Crippen LogP contribution is -1.95. The van der Waals surface area contributed by atoms with E-state index in [-0.39, 0.29) is 0 Å². The van der Waals surface area contributed by atoms with Crippen molar-refractivity contribution < 1.29 is 0 Å². The molecule has 7 aromatic carbocycles. The second-order valence-corrected chi connectivity index (χ2v) is 12.8. The molecule has 0 unspecified atom stereocenters. The lowest BCUT2D eigenvalue weighted by Gasteiger charge is -2.12. The highest BCUT2D eigenvalue weighted by Gasteiger charge is 2.20. The third kappa shape index (κ3) is 3.56. The van der Waals surface area contributed by atoms with Crippen LogP contribution in [0.3, 0.4) is 0 Å². The molecule has 0 radical (unpaired) electrons. The fraction of sp³-hybridized carbons (Fsp3) is 0. The topological polar surface area (TPSA) is 9.86 Å². The molecule has 0 N–H and O–H groups in total. The van der Waals surface area contributed by atoms with Crippen LogP contribution in [0.5, 0.6) is 0 Å². The van der Waals surface area contributed by atoms with Crippen molar-refractivity contribution in [3.05, 3.63) is 158 Å². The molecule has 0 fully saturated rings. The first kappa shape index (κ1) is 24.8. The number of aromatic nitrogens is 2. The Bertz CT molecular complexity index is 2760. The number of thiophene rings is 1. The van der Waals surface area contributed by atoms with Gasteiger partial charge in [-0.05, 0) is 71.8 Å². The molecule has 0 atom stereocenters. The van der Waals surface area contributed by atoms with Crippen LogP contribution < -0.4 is 0 Å². The summed E-state index contributed by atoms with van der Waals surface area (Å²) >= 11 is 1.87. The predicted molar refractivity (Wildman–Crippen MR) is 193 cm³/mol. The van der Waals surface area contributed by atoms with E-state index >= 15 is 0 Å². The highest BCUT2D eigenvalue weighted by molar-refractivity contribution is 7.25. The quantitative estimate of drug-likeness (QED) is 0.194. The molecule has 45 heavy (non-hydrogen) atoms. The summed E-state index contributed by atoms with van der Waals surface area (Å²) in [5.74, 6) is 0. The van der Waals surface area contributed by atoms with Crippen LogP contribution in [0.4, 0.5) is 0 Å². The highest BCUT2D eigenvalue weighted by atomic mass is 32.1. The number of hydrogen-bond donors (Lipinski definition) is 0. The number of fused-ring (bicyclic) bond motifs is 10. The van der Waals surface area contributed by atoms with Crippen molar-refractivity contribution in [2.45, 2.75) is 0 Å². The number of para-hydroxylation sites is 3. The fourth-order valence-corrected chi connectivity index (χ4v) is 8.45. The van der Waals surface area contributed by atoms with Crippen LogP contribution in [-0.2, 0) is 0 Å². The molecule has 0 saturated carbocycles. The van der Waals surface area contributed by atoms with Gasteiger partial charge in [-0.1, -0.05) is 97.1 Å². The van der Waals surface area contributed by atoms with E-state index in [4.69, 9.17) is 0 Å². The molecule has 0 saturated heterocycles. The number of nitrogens with zero attached hydrogens (tertiary/aromatic N) is 2. The molecular formula is C42H26N2S. The number of benzene rings is 7. The molecule has 0 amide bonds. The summed E-state index contributed by atoms with van der Waals surface area (Å²) in [7, 11) is 0. The van der Waals surface area contributed by atoms with Gasteiger partial charge in [0.25, 0.3) is 0 Å². The van der Waals surface area contributed by atoms with Gasteiger partial charge < -0.3 is 9.13 Å². The lowest BCUT2D eigenvalue weighted by atomic mass is 10.0. The first-order valence-corrected chi connectivity index (χ1v) is 16.2. The van der Waals surface area contributed by atoms with Crippen LogP contribution in [0.1, 0.15) is 0 Å². The molecule has 210 valence electrons. The van der Waals surface area contributed by atoms with Gasteiger partial charge in [-0.25, -0.2) is 0 Å². The van der Waals surface area contributed by atoms with Gasteiger partial charge in [0.2, 0.25) is 0 Å². The van der Waals surface area contributed by atoms with Crippen molar-refractivity contribution in [1.29, 1.82) is 0 Å². The summed E-state index contributed by atoms with van der Waals surface area (Å²) in [6.07, 6.45) is 0. The third-order valence-electron chi connectivity index (χ3n) is 9.30. The van der Waals surface area contributed by atoms with E-state index in [0.29, 0.717) is 0 Å². The van der Waals surface area contributed by atoms with Crippen LogP contribution in [0.15, 0.2) is 158 Å². The van der Waals surface area contributed by atoms with Crippen molar-refractivity contribution in [2.24, 2.45) is 0 Å². The van der Waals surface area contributed by atoms with Crippen molar-refractivity contribution >= 4 is 75.1 Å². The second kappa shape index (κ2) is 9.43. The molecule has 3 aromatic heterocycles. The predicted octanol–water partition coefficient (Wildman–Crippen LogP) is 11.9. The molecule has 0 aliphatic rings. The van der Waals surface area contributed by atoms with E-state index in [1.807, 2.05) is 11.3 Å². The van der Waals surface area contributed by atoms with Crippen LogP contribution in [0.25, 0.3) is 86.3 Å². The molecule has 0 aliphatic carbocycles. The number of hydrogen-bond acceptors (Lipinski definition) is 1. The van der Waals surface area contributed by atoms with Gasteiger partial charge in [-0.15, -0.1) is 11.3 Å². The minimum absolute atomic E-state index is 1.16. The number of rotatable bonds is 3. The van der Waals surface area contributed by atoms with Crippen LogP contribution in [0, 0.1) is 0 Å². The van der Waals surface area contributed by atoms with Crippen molar-refractivity contribution in [2.75, 3.05) is 0 Å².